The number of rotatable bonds is 4. The highest BCUT2D eigenvalue weighted by molar-refractivity contribution is 5.84. The molecule has 1 aliphatic heterocycles. The van der Waals surface area contributed by atoms with Gasteiger partial charge in [0.15, 0.2) is 0 Å². The van der Waals surface area contributed by atoms with Gasteiger partial charge in [-0.15, -0.1) is 0 Å². The molecule has 1 aromatic heterocycles. The number of carbonyl (C=O) groups is 2. The Kier molecular flexibility index (Phi) is 5.43. The van der Waals surface area contributed by atoms with Crippen LogP contribution in [0.15, 0.2) is 6.07 Å². The number of piperidine rings is 1. The lowest BCUT2D eigenvalue weighted by atomic mass is 9.88. The average molecular weight is 330 g/mol. The van der Waals surface area contributed by atoms with Crippen LogP contribution in [0.2, 0.25) is 0 Å². The highest BCUT2D eigenvalue weighted by atomic mass is 16.2. The zero-order chi connectivity index (χ0) is 16.9. The second-order valence-electron chi connectivity index (χ2n) is 6.86. The van der Waals surface area contributed by atoms with Gasteiger partial charge in [0, 0.05) is 43.6 Å². The Morgan fingerprint density at radius 2 is 1.92 bits per heavy atom. The van der Waals surface area contributed by atoms with E-state index < -0.39 is 0 Å². The molecule has 2 heterocycles. The van der Waals surface area contributed by atoms with Crippen molar-refractivity contribution in [3.05, 3.63) is 17.6 Å². The average Bonchev–Trinajstić information content (AvgIpc) is 2.60. The highest BCUT2D eigenvalue weighted by Gasteiger charge is 2.24. The summed E-state index contributed by atoms with van der Waals surface area (Å²) in [5, 5.41) is 2.95. The molecule has 0 spiro atoms. The quantitative estimate of drug-likeness (QED) is 0.915. The highest BCUT2D eigenvalue weighted by Crippen LogP contribution is 2.22. The zero-order valence-electron chi connectivity index (χ0n) is 14.4. The molecule has 2 fully saturated rings. The Morgan fingerprint density at radius 3 is 2.62 bits per heavy atom. The van der Waals surface area contributed by atoms with Crippen LogP contribution in [0.5, 0.6) is 0 Å². The molecule has 0 atom stereocenters. The summed E-state index contributed by atoms with van der Waals surface area (Å²) in [4.78, 5) is 34.9. The van der Waals surface area contributed by atoms with Gasteiger partial charge in [0.25, 0.3) is 0 Å². The number of aromatic nitrogens is 2. The maximum absolute atomic E-state index is 12.3. The van der Waals surface area contributed by atoms with E-state index in [2.05, 4.69) is 20.2 Å². The van der Waals surface area contributed by atoms with Gasteiger partial charge in [0.1, 0.15) is 17.4 Å². The fourth-order valence-corrected chi connectivity index (χ4v) is 3.49. The standard InChI is InChI=1S/C18H26N4O2/c1-13-11-17(22-9-3-2-4-10-22)21-16(20-13)12-19-18(24)14-5-7-15(23)8-6-14/h11,14H,2-10,12H2,1H3,(H,19,24). The lowest BCUT2D eigenvalue weighted by Crippen LogP contribution is -2.34. The van der Waals surface area contributed by atoms with Crippen molar-refractivity contribution >= 4 is 17.5 Å². The Labute approximate surface area is 143 Å². The third-order valence-electron chi connectivity index (χ3n) is 4.90. The van der Waals surface area contributed by atoms with Crippen LogP contribution in [-0.4, -0.2) is 34.7 Å². The lowest BCUT2D eigenvalue weighted by molar-refractivity contribution is -0.128. The molecule has 1 amide bonds. The monoisotopic (exact) mass is 330 g/mol. The van der Waals surface area contributed by atoms with E-state index >= 15 is 0 Å². The van der Waals surface area contributed by atoms with Crippen LogP contribution in [0.3, 0.4) is 0 Å². The second-order valence-corrected chi connectivity index (χ2v) is 6.86. The molecule has 1 N–H and O–H groups in total. The van der Waals surface area contributed by atoms with Gasteiger partial charge in [-0.1, -0.05) is 0 Å². The molecule has 130 valence electrons. The van der Waals surface area contributed by atoms with Gasteiger partial charge in [0.05, 0.1) is 6.54 Å². The Morgan fingerprint density at radius 1 is 1.21 bits per heavy atom. The van der Waals surface area contributed by atoms with Crippen molar-refractivity contribution in [1.82, 2.24) is 15.3 Å². The Bertz CT molecular complexity index is 601. The molecule has 0 unspecified atom stereocenters. The largest absolute Gasteiger partial charge is 0.357 e. The van der Waals surface area contributed by atoms with Crippen LogP contribution in [0.1, 0.15) is 56.5 Å². The van der Waals surface area contributed by atoms with Crippen LogP contribution in [0, 0.1) is 12.8 Å². The summed E-state index contributed by atoms with van der Waals surface area (Å²) in [5.41, 5.74) is 0.929. The van der Waals surface area contributed by atoms with E-state index in [4.69, 9.17) is 0 Å². The SMILES string of the molecule is Cc1cc(N2CCCCC2)nc(CNC(=O)C2CCC(=O)CC2)n1. The fourth-order valence-electron chi connectivity index (χ4n) is 3.49. The van der Waals surface area contributed by atoms with E-state index in [1.165, 1.54) is 19.3 Å². The molecular formula is C18H26N4O2. The first-order valence-corrected chi connectivity index (χ1v) is 9.01. The molecule has 1 saturated carbocycles. The normalized spacial score (nSPS) is 19.4. The van der Waals surface area contributed by atoms with E-state index in [1.807, 2.05) is 13.0 Å². The van der Waals surface area contributed by atoms with Crippen molar-refractivity contribution in [1.29, 1.82) is 0 Å². The fraction of sp³-hybridized carbons (Fsp3) is 0.667. The van der Waals surface area contributed by atoms with E-state index in [9.17, 15) is 9.59 Å². The number of ketones is 1. The van der Waals surface area contributed by atoms with Gasteiger partial charge >= 0.3 is 0 Å². The van der Waals surface area contributed by atoms with Gasteiger partial charge in [-0.2, -0.15) is 0 Å². The van der Waals surface area contributed by atoms with Crippen molar-refractivity contribution in [3.8, 4) is 0 Å². The molecule has 0 aromatic carbocycles. The summed E-state index contributed by atoms with van der Waals surface area (Å²) in [7, 11) is 0. The van der Waals surface area contributed by atoms with Gasteiger partial charge < -0.3 is 10.2 Å². The molecule has 1 aromatic rings. The predicted molar refractivity (Wildman–Crippen MR) is 91.6 cm³/mol. The van der Waals surface area contributed by atoms with E-state index in [0.717, 1.165) is 24.6 Å². The number of hydrogen-bond donors (Lipinski definition) is 1. The van der Waals surface area contributed by atoms with Crippen molar-refractivity contribution in [3.63, 3.8) is 0 Å². The van der Waals surface area contributed by atoms with E-state index in [0.29, 0.717) is 38.1 Å². The maximum atomic E-state index is 12.3. The number of carbonyl (C=O) groups excluding carboxylic acids is 2. The summed E-state index contributed by atoms with van der Waals surface area (Å²) in [6.07, 6.45) is 6.07. The molecule has 0 bridgehead atoms. The third-order valence-corrected chi connectivity index (χ3v) is 4.90. The molecule has 0 radical (unpaired) electrons. The number of amides is 1. The molecule has 1 saturated heterocycles. The minimum Gasteiger partial charge on any atom is -0.357 e. The van der Waals surface area contributed by atoms with Crippen LogP contribution < -0.4 is 10.2 Å². The summed E-state index contributed by atoms with van der Waals surface area (Å²) in [6, 6.07) is 2.02. The Hall–Kier alpha value is -1.98. The van der Waals surface area contributed by atoms with Crippen LogP contribution in [0.4, 0.5) is 5.82 Å². The number of anilines is 1. The lowest BCUT2D eigenvalue weighted by Gasteiger charge is -2.28. The number of aryl methyl sites for hydroxylation is 1. The van der Waals surface area contributed by atoms with Gasteiger partial charge in [-0.25, -0.2) is 9.97 Å². The zero-order valence-corrected chi connectivity index (χ0v) is 14.4. The van der Waals surface area contributed by atoms with Crippen molar-refractivity contribution in [2.45, 2.75) is 58.4 Å². The first-order valence-electron chi connectivity index (χ1n) is 9.01. The predicted octanol–water partition coefficient (Wildman–Crippen LogP) is 2.15. The first-order chi connectivity index (χ1) is 11.6. The minimum atomic E-state index is -0.0472. The van der Waals surface area contributed by atoms with E-state index in [1.54, 1.807) is 0 Å². The molecule has 3 rings (SSSR count). The number of nitrogens with one attached hydrogen (secondary N) is 1. The molecule has 24 heavy (non-hydrogen) atoms. The van der Waals surface area contributed by atoms with E-state index in [-0.39, 0.29) is 17.6 Å². The number of hydrogen-bond acceptors (Lipinski definition) is 5. The summed E-state index contributed by atoms with van der Waals surface area (Å²) < 4.78 is 0. The minimum absolute atomic E-state index is 0.0205. The smallest absolute Gasteiger partial charge is 0.223 e. The van der Waals surface area contributed by atoms with Crippen molar-refractivity contribution in [2.24, 2.45) is 5.92 Å². The van der Waals surface area contributed by atoms with Crippen LogP contribution >= 0.6 is 0 Å². The maximum Gasteiger partial charge on any atom is 0.223 e. The van der Waals surface area contributed by atoms with Gasteiger partial charge in [-0.3, -0.25) is 9.59 Å². The van der Waals surface area contributed by atoms with Gasteiger partial charge in [-0.05, 0) is 39.0 Å². The first kappa shape index (κ1) is 16.9. The third kappa shape index (κ3) is 4.30. The topological polar surface area (TPSA) is 75.2 Å². The molecule has 6 nitrogen and oxygen atoms in total. The molecular weight excluding hydrogens is 304 g/mol. The molecule has 2 aliphatic rings. The number of Topliss-reactive ketones (excluding diaryl/α,β-unsaturated/α-hetero) is 1. The van der Waals surface area contributed by atoms with Crippen molar-refractivity contribution < 1.29 is 9.59 Å². The second kappa shape index (κ2) is 7.73. The van der Waals surface area contributed by atoms with Crippen LogP contribution in [0.25, 0.3) is 0 Å². The summed E-state index contributed by atoms with van der Waals surface area (Å²) in [5.74, 6) is 1.87. The van der Waals surface area contributed by atoms with Gasteiger partial charge in [0.2, 0.25) is 5.91 Å². The summed E-state index contributed by atoms with van der Waals surface area (Å²) in [6.45, 7) is 4.40. The Balaban J connectivity index is 1.59. The van der Waals surface area contributed by atoms with Crippen molar-refractivity contribution in [2.75, 3.05) is 18.0 Å². The van der Waals surface area contributed by atoms with Crippen LogP contribution in [-0.2, 0) is 16.1 Å². The number of nitrogens with zero attached hydrogens (tertiary/aromatic N) is 3. The summed E-state index contributed by atoms with van der Waals surface area (Å²) >= 11 is 0. The molecule has 1 aliphatic carbocycles. The molecule has 6 heteroatoms.